The summed E-state index contributed by atoms with van der Waals surface area (Å²) >= 11 is 6.06. The van der Waals surface area contributed by atoms with Crippen molar-refractivity contribution in [1.82, 2.24) is 0 Å². The zero-order valence-corrected chi connectivity index (χ0v) is 12.4. The van der Waals surface area contributed by atoms with E-state index in [9.17, 15) is 5.11 Å². The number of ether oxygens (including phenoxy) is 2. The van der Waals surface area contributed by atoms with Gasteiger partial charge in [-0.15, -0.1) is 0 Å². The normalized spacial score (nSPS) is 14.2. The van der Waals surface area contributed by atoms with Crippen LogP contribution in [0.2, 0.25) is 5.02 Å². The summed E-state index contributed by atoms with van der Waals surface area (Å²) in [5.41, 5.74) is 1.94. The Hall–Kier alpha value is -0.810. The molecule has 2 N–H and O–H groups in total. The molecule has 19 heavy (non-hydrogen) atoms. The minimum Gasteiger partial charge on any atom is -0.389 e. The summed E-state index contributed by atoms with van der Waals surface area (Å²) in [5, 5.41) is 13.6. The number of hydrogen-bond donors (Lipinski definition) is 2. The number of aryl methyl sites for hydroxylation is 1. The minimum atomic E-state index is -0.587. The first-order valence-electron chi connectivity index (χ1n) is 6.31. The van der Waals surface area contributed by atoms with Gasteiger partial charge in [-0.1, -0.05) is 17.7 Å². The molecule has 1 rings (SSSR count). The summed E-state index contributed by atoms with van der Waals surface area (Å²) in [6, 6.07) is 5.73. The first-order chi connectivity index (χ1) is 9.02. The Morgan fingerprint density at radius 2 is 2.11 bits per heavy atom. The molecule has 0 amide bonds. The lowest BCUT2D eigenvalue weighted by atomic mass is 10.2. The van der Waals surface area contributed by atoms with Crippen LogP contribution in [0.5, 0.6) is 0 Å². The van der Waals surface area contributed by atoms with Crippen LogP contribution < -0.4 is 5.32 Å². The Morgan fingerprint density at radius 1 is 1.37 bits per heavy atom. The first-order valence-corrected chi connectivity index (χ1v) is 6.69. The highest BCUT2D eigenvalue weighted by Crippen LogP contribution is 2.22. The second-order valence-corrected chi connectivity index (χ2v) is 5.02. The zero-order chi connectivity index (χ0) is 14.3. The van der Waals surface area contributed by atoms with Crippen molar-refractivity contribution in [2.75, 3.05) is 32.2 Å². The van der Waals surface area contributed by atoms with Crippen LogP contribution >= 0.6 is 11.6 Å². The number of halogens is 1. The lowest BCUT2D eigenvalue weighted by Gasteiger charge is -2.17. The van der Waals surface area contributed by atoms with Gasteiger partial charge in [-0.05, 0) is 31.5 Å². The van der Waals surface area contributed by atoms with E-state index in [0.717, 1.165) is 11.3 Å². The minimum absolute atomic E-state index is 0.0257. The molecule has 0 saturated carbocycles. The van der Waals surface area contributed by atoms with E-state index in [1.165, 1.54) is 0 Å². The quantitative estimate of drug-likeness (QED) is 0.771. The van der Waals surface area contributed by atoms with E-state index < -0.39 is 6.10 Å². The topological polar surface area (TPSA) is 50.7 Å². The number of benzene rings is 1. The second kappa shape index (κ2) is 8.38. The first kappa shape index (κ1) is 16.2. The van der Waals surface area contributed by atoms with Crippen LogP contribution in [0.3, 0.4) is 0 Å². The third kappa shape index (κ3) is 6.25. The smallest absolute Gasteiger partial charge is 0.0945 e. The van der Waals surface area contributed by atoms with E-state index in [1.54, 1.807) is 7.11 Å². The molecular formula is C14H22ClNO3. The van der Waals surface area contributed by atoms with Crippen LogP contribution in [-0.2, 0) is 9.47 Å². The molecule has 0 saturated heterocycles. The molecule has 108 valence electrons. The Balaban J connectivity index is 2.33. The number of nitrogens with one attached hydrogen (secondary N) is 1. The van der Waals surface area contributed by atoms with Crippen molar-refractivity contribution < 1.29 is 14.6 Å². The summed E-state index contributed by atoms with van der Waals surface area (Å²) in [6.45, 7) is 5.07. The predicted molar refractivity (Wildman–Crippen MR) is 78.0 cm³/mol. The monoisotopic (exact) mass is 287 g/mol. The number of anilines is 1. The molecule has 1 aromatic rings. The maximum atomic E-state index is 9.82. The highest BCUT2D eigenvalue weighted by atomic mass is 35.5. The standard InChI is InChI=1S/C14H22ClNO3/c1-10-4-5-13(15)14(6-10)16-7-12(17)9-19-11(2)8-18-3/h4-6,11-12,16-17H,7-9H2,1-3H3. The Kier molecular flexibility index (Phi) is 7.16. The van der Waals surface area contributed by atoms with Crippen molar-refractivity contribution in [3.63, 3.8) is 0 Å². The fourth-order valence-corrected chi connectivity index (χ4v) is 1.80. The predicted octanol–water partition coefficient (Wildman–Crippen LogP) is 2.47. The summed E-state index contributed by atoms with van der Waals surface area (Å²) in [5.74, 6) is 0. The van der Waals surface area contributed by atoms with Gasteiger partial charge in [0.2, 0.25) is 0 Å². The highest BCUT2D eigenvalue weighted by molar-refractivity contribution is 6.33. The summed E-state index contributed by atoms with van der Waals surface area (Å²) in [6.07, 6.45) is -0.613. The molecule has 2 unspecified atom stereocenters. The van der Waals surface area contributed by atoms with Crippen molar-refractivity contribution in [3.05, 3.63) is 28.8 Å². The maximum absolute atomic E-state index is 9.82. The van der Waals surface area contributed by atoms with Gasteiger partial charge in [0.25, 0.3) is 0 Å². The summed E-state index contributed by atoms with van der Waals surface area (Å²) in [4.78, 5) is 0. The van der Waals surface area contributed by atoms with Crippen LogP contribution in [-0.4, -0.2) is 44.2 Å². The van der Waals surface area contributed by atoms with Crippen LogP contribution in [0.1, 0.15) is 12.5 Å². The van der Waals surface area contributed by atoms with E-state index in [4.69, 9.17) is 21.1 Å². The molecule has 0 aromatic heterocycles. The molecule has 1 aromatic carbocycles. The van der Waals surface area contributed by atoms with Gasteiger partial charge in [0.15, 0.2) is 0 Å². The van der Waals surface area contributed by atoms with Crippen LogP contribution in [0, 0.1) is 6.92 Å². The Labute approximate surface area is 119 Å². The van der Waals surface area contributed by atoms with Gasteiger partial charge >= 0.3 is 0 Å². The third-order valence-electron chi connectivity index (χ3n) is 2.62. The van der Waals surface area contributed by atoms with E-state index in [0.29, 0.717) is 18.2 Å². The van der Waals surface area contributed by atoms with Gasteiger partial charge in [0, 0.05) is 13.7 Å². The summed E-state index contributed by atoms with van der Waals surface area (Å²) < 4.78 is 10.4. The molecule has 0 bridgehead atoms. The van der Waals surface area contributed by atoms with E-state index >= 15 is 0 Å². The molecule has 2 atom stereocenters. The SMILES string of the molecule is COCC(C)OCC(O)CNc1cc(C)ccc1Cl. The molecule has 0 heterocycles. The van der Waals surface area contributed by atoms with Gasteiger partial charge in [-0.25, -0.2) is 0 Å². The molecule has 0 fully saturated rings. The van der Waals surface area contributed by atoms with Crippen LogP contribution in [0.25, 0.3) is 0 Å². The van der Waals surface area contributed by atoms with Crippen molar-refractivity contribution in [3.8, 4) is 0 Å². The molecule has 0 aliphatic heterocycles. The lowest BCUT2D eigenvalue weighted by molar-refractivity contribution is -0.0282. The van der Waals surface area contributed by atoms with E-state index in [1.807, 2.05) is 32.0 Å². The van der Waals surface area contributed by atoms with Gasteiger partial charge in [0.1, 0.15) is 0 Å². The molecule has 4 nitrogen and oxygen atoms in total. The molecule has 0 aliphatic carbocycles. The molecule has 0 aliphatic rings. The number of hydrogen-bond acceptors (Lipinski definition) is 4. The molecule has 0 spiro atoms. The van der Waals surface area contributed by atoms with Crippen molar-refractivity contribution >= 4 is 17.3 Å². The highest BCUT2D eigenvalue weighted by Gasteiger charge is 2.09. The Bertz CT molecular complexity index is 387. The number of rotatable bonds is 8. The van der Waals surface area contributed by atoms with Gasteiger partial charge in [-0.2, -0.15) is 0 Å². The Morgan fingerprint density at radius 3 is 2.79 bits per heavy atom. The fourth-order valence-electron chi connectivity index (χ4n) is 1.62. The number of methoxy groups -OCH3 is 1. The van der Waals surface area contributed by atoms with Crippen molar-refractivity contribution in [1.29, 1.82) is 0 Å². The van der Waals surface area contributed by atoms with Gasteiger partial charge < -0.3 is 19.9 Å². The van der Waals surface area contributed by atoms with Crippen molar-refractivity contribution in [2.45, 2.75) is 26.1 Å². The molecule has 5 heteroatoms. The fraction of sp³-hybridized carbons (Fsp3) is 0.571. The van der Waals surface area contributed by atoms with Gasteiger partial charge in [-0.3, -0.25) is 0 Å². The largest absolute Gasteiger partial charge is 0.389 e. The number of aliphatic hydroxyl groups is 1. The average molecular weight is 288 g/mol. The van der Waals surface area contributed by atoms with E-state index in [2.05, 4.69) is 5.32 Å². The van der Waals surface area contributed by atoms with E-state index in [-0.39, 0.29) is 12.7 Å². The lowest BCUT2D eigenvalue weighted by Crippen LogP contribution is -2.28. The van der Waals surface area contributed by atoms with Crippen LogP contribution in [0.4, 0.5) is 5.69 Å². The summed E-state index contributed by atoms with van der Waals surface area (Å²) in [7, 11) is 1.62. The van der Waals surface area contributed by atoms with Gasteiger partial charge in [0.05, 0.1) is 36.1 Å². The maximum Gasteiger partial charge on any atom is 0.0945 e. The average Bonchev–Trinajstić information content (AvgIpc) is 2.38. The second-order valence-electron chi connectivity index (χ2n) is 4.62. The third-order valence-corrected chi connectivity index (χ3v) is 2.95. The molecular weight excluding hydrogens is 266 g/mol. The van der Waals surface area contributed by atoms with Crippen molar-refractivity contribution in [2.24, 2.45) is 0 Å². The molecule has 0 radical (unpaired) electrons. The zero-order valence-electron chi connectivity index (χ0n) is 11.6. The van der Waals surface area contributed by atoms with Crippen LogP contribution in [0.15, 0.2) is 18.2 Å². The number of aliphatic hydroxyl groups excluding tert-OH is 1.